The highest BCUT2D eigenvalue weighted by Crippen LogP contribution is 2.45. The molecular formula is C54H104O17P2. The molecule has 0 aliphatic rings. The topological polar surface area (TPSA) is 237 Å². The Balaban J connectivity index is 5.02. The number of phosphoric acid groups is 2. The zero-order chi connectivity index (χ0) is 54.1. The van der Waals surface area contributed by atoms with Crippen LogP contribution in [-0.2, 0) is 65.4 Å². The van der Waals surface area contributed by atoms with Crippen LogP contribution in [0.15, 0.2) is 0 Å². The molecule has 73 heavy (non-hydrogen) atoms. The maximum absolute atomic E-state index is 12.8. The van der Waals surface area contributed by atoms with E-state index in [9.17, 15) is 43.2 Å². The van der Waals surface area contributed by atoms with Crippen LogP contribution in [-0.4, -0.2) is 96.7 Å². The van der Waals surface area contributed by atoms with E-state index in [-0.39, 0.29) is 25.7 Å². The Bertz CT molecular complexity index is 1440. The first-order valence-corrected chi connectivity index (χ1v) is 31.8. The fourth-order valence-corrected chi connectivity index (χ4v) is 9.48. The summed E-state index contributed by atoms with van der Waals surface area (Å²) in [4.78, 5) is 70.8. The van der Waals surface area contributed by atoms with Crippen molar-refractivity contribution in [2.75, 3.05) is 39.6 Å². The van der Waals surface area contributed by atoms with Crippen molar-refractivity contribution in [1.29, 1.82) is 0 Å². The molecule has 0 amide bonds. The zero-order valence-electron chi connectivity index (χ0n) is 46.1. The van der Waals surface area contributed by atoms with Gasteiger partial charge < -0.3 is 33.8 Å². The number of hydrogen-bond donors (Lipinski definition) is 3. The second kappa shape index (κ2) is 49.6. The number of hydrogen-bond acceptors (Lipinski definition) is 15. The lowest BCUT2D eigenvalue weighted by Gasteiger charge is -2.21. The maximum Gasteiger partial charge on any atom is 0.472 e. The van der Waals surface area contributed by atoms with Gasteiger partial charge in [-0.25, -0.2) is 9.13 Å². The van der Waals surface area contributed by atoms with Crippen molar-refractivity contribution in [1.82, 2.24) is 0 Å². The average molecular weight is 1090 g/mol. The van der Waals surface area contributed by atoms with Gasteiger partial charge in [-0.1, -0.05) is 214 Å². The summed E-state index contributed by atoms with van der Waals surface area (Å²) in [6.07, 6.45) is 32.3. The summed E-state index contributed by atoms with van der Waals surface area (Å²) in [5, 5.41) is 10.4. The second-order valence-electron chi connectivity index (χ2n) is 19.6. The van der Waals surface area contributed by atoms with E-state index in [0.29, 0.717) is 25.7 Å². The third-order valence-corrected chi connectivity index (χ3v) is 14.2. The molecular weight excluding hydrogens is 983 g/mol. The maximum atomic E-state index is 12.8. The average Bonchev–Trinajstić information content (AvgIpc) is 3.36. The first-order chi connectivity index (χ1) is 35.2. The Labute approximate surface area is 441 Å². The number of aliphatic hydroxyl groups is 1. The predicted molar refractivity (Wildman–Crippen MR) is 285 cm³/mol. The summed E-state index contributed by atoms with van der Waals surface area (Å²) in [7, 11) is -9.84. The molecule has 0 fully saturated rings. The molecule has 0 aliphatic carbocycles. The van der Waals surface area contributed by atoms with E-state index in [0.717, 1.165) is 77.0 Å². The van der Waals surface area contributed by atoms with E-state index in [1.54, 1.807) is 6.92 Å². The van der Waals surface area contributed by atoms with Gasteiger partial charge in [0.15, 0.2) is 12.2 Å². The van der Waals surface area contributed by atoms with Gasteiger partial charge in [0.05, 0.1) is 26.4 Å². The standard InChI is InChI=1S/C54H104O17P2/c1-5-9-12-15-18-21-23-25-27-30-33-36-40-53(58)70-49(44-64-51(56)38-8-4)46-68-72(60,61)66-42-48(55)43-67-73(62,63)69-47-50(45-65-52(57)39-35-32-29-20-17-14-11-7-3)71-54(59)41-37-34-31-28-26-24-22-19-16-13-10-6-2/h48-50,55H,5-47H2,1-4H3,(H,60,61)(H,62,63)/t48-,49+,50+/m0/s1. The van der Waals surface area contributed by atoms with Crippen molar-refractivity contribution in [2.24, 2.45) is 0 Å². The Morgan fingerprint density at radius 1 is 0.329 bits per heavy atom. The quantitative estimate of drug-likeness (QED) is 0.0222. The molecule has 432 valence electrons. The number of unbranched alkanes of at least 4 members (excludes halogenated alkanes) is 29. The number of ether oxygens (including phenoxy) is 4. The molecule has 0 aromatic heterocycles. The molecule has 0 aromatic carbocycles. The lowest BCUT2D eigenvalue weighted by atomic mass is 10.0. The fourth-order valence-electron chi connectivity index (χ4n) is 7.90. The Hall–Kier alpha value is -1.94. The van der Waals surface area contributed by atoms with Gasteiger partial charge in [0, 0.05) is 25.7 Å². The number of carbonyl (C=O) groups is 4. The molecule has 0 saturated heterocycles. The smallest absolute Gasteiger partial charge is 0.462 e. The first-order valence-electron chi connectivity index (χ1n) is 28.8. The number of rotatable bonds is 55. The van der Waals surface area contributed by atoms with Crippen molar-refractivity contribution in [2.45, 2.75) is 284 Å². The first kappa shape index (κ1) is 71.1. The Kier molecular flexibility index (Phi) is 48.3. The van der Waals surface area contributed by atoms with Crippen LogP contribution in [0.1, 0.15) is 265 Å². The van der Waals surface area contributed by atoms with Crippen LogP contribution in [0.5, 0.6) is 0 Å². The second-order valence-corrected chi connectivity index (χ2v) is 22.5. The molecule has 17 nitrogen and oxygen atoms in total. The van der Waals surface area contributed by atoms with E-state index in [1.807, 2.05) is 0 Å². The van der Waals surface area contributed by atoms with Crippen molar-refractivity contribution in [3.63, 3.8) is 0 Å². The molecule has 0 heterocycles. The highest BCUT2D eigenvalue weighted by Gasteiger charge is 2.30. The number of esters is 4. The monoisotopic (exact) mass is 1090 g/mol. The normalized spacial score (nSPS) is 14.5. The summed E-state index contributed by atoms with van der Waals surface area (Å²) in [5.74, 6) is -2.20. The van der Waals surface area contributed by atoms with Crippen molar-refractivity contribution in [3.8, 4) is 0 Å². The SMILES string of the molecule is CCCCCCCCCCCCCCC(=O)O[C@H](COC(=O)CCC)COP(=O)(O)OC[C@H](O)COP(=O)(O)OC[C@@H](COC(=O)CCCCCCCCCC)OC(=O)CCCCCCCCCCCCCC. The molecule has 5 atom stereocenters. The third-order valence-electron chi connectivity index (χ3n) is 12.3. The molecule has 0 aromatic rings. The fraction of sp³-hybridized carbons (Fsp3) is 0.926. The highest BCUT2D eigenvalue weighted by molar-refractivity contribution is 7.47. The minimum atomic E-state index is -4.92. The van der Waals surface area contributed by atoms with E-state index in [2.05, 4.69) is 20.8 Å². The van der Waals surface area contributed by atoms with E-state index < -0.39 is 97.5 Å². The van der Waals surface area contributed by atoms with Gasteiger partial charge in [-0.3, -0.25) is 37.3 Å². The summed E-state index contributed by atoms with van der Waals surface area (Å²) < 4.78 is 66.9. The van der Waals surface area contributed by atoms with Crippen molar-refractivity contribution >= 4 is 39.5 Å². The van der Waals surface area contributed by atoms with Gasteiger partial charge in [-0.15, -0.1) is 0 Å². The number of carbonyl (C=O) groups excluding carboxylic acids is 4. The van der Waals surface area contributed by atoms with Crippen molar-refractivity contribution in [3.05, 3.63) is 0 Å². The zero-order valence-corrected chi connectivity index (χ0v) is 47.9. The summed E-state index contributed by atoms with van der Waals surface area (Å²) in [6.45, 7) is 4.41. The number of aliphatic hydroxyl groups excluding tert-OH is 1. The highest BCUT2D eigenvalue weighted by atomic mass is 31.2. The molecule has 0 rings (SSSR count). The summed E-state index contributed by atoms with van der Waals surface area (Å²) in [6, 6.07) is 0. The van der Waals surface area contributed by atoms with Crippen LogP contribution >= 0.6 is 15.6 Å². The van der Waals surface area contributed by atoms with Crippen LogP contribution in [0.25, 0.3) is 0 Å². The largest absolute Gasteiger partial charge is 0.472 e. The van der Waals surface area contributed by atoms with E-state index >= 15 is 0 Å². The lowest BCUT2D eigenvalue weighted by molar-refractivity contribution is -0.161. The molecule has 0 radical (unpaired) electrons. The minimum absolute atomic E-state index is 0.104. The summed E-state index contributed by atoms with van der Waals surface area (Å²) in [5.41, 5.74) is 0. The van der Waals surface area contributed by atoms with Crippen LogP contribution in [0.4, 0.5) is 0 Å². The molecule has 0 spiro atoms. The van der Waals surface area contributed by atoms with E-state index in [4.69, 9.17) is 37.0 Å². The molecule has 0 aliphatic heterocycles. The minimum Gasteiger partial charge on any atom is -0.462 e. The molecule has 0 saturated carbocycles. The van der Waals surface area contributed by atoms with E-state index in [1.165, 1.54) is 109 Å². The molecule has 3 N–H and O–H groups in total. The Morgan fingerprint density at radius 3 is 0.863 bits per heavy atom. The number of phosphoric ester groups is 2. The summed E-state index contributed by atoms with van der Waals surface area (Å²) >= 11 is 0. The van der Waals surface area contributed by atoms with Crippen LogP contribution < -0.4 is 0 Å². The van der Waals surface area contributed by atoms with Gasteiger partial charge in [0.25, 0.3) is 0 Å². The molecule has 19 heteroatoms. The van der Waals surface area contributed by atoms with Gasteiger partial charge in [0.1, 0.15) is 19.3 Å². The molecule has 2 unspecified atom stereocenters. The van der Waals surface area contributed by atoms with Crippen molar-refractivity contribution < 1.29 is 80.2 Å². The van der Waals surface area contributed by atoms with Crippen LogP contribution in [0, 0.1) is 0 Å². The molecule has 0 bridgehead atoms. The van der Waals surface area contributed by atoms with Gasteiger partial charge in [-0.2, -0.15) is 0 Å². The van der Waals surface area contributed by atoms with Crippen LogP contribution in [0.2, 0.25) is 0 Å². The Morgan fingerprint density at radius 2 is 0.575 bits per heavy atom. The van der Waals surface area contributed by atoms with Gasteiger partial charge >= 0.3 is 39.5 Å². The van der Waals surface area contributed by atoms with Crippen LogP contribution in [0.3, 0.4) is 0 Å². The van der Waals surface area contributed by atoms with Gasteiger partial charge in [-0.05, 0) is 25.7 Å². The third kappa shape index (κ3) is 49.4. The predicted octanol–water partition coefficient (Wildman–Crippen LogP) is 14.0. The lowest BCUT2D eigenvalue weighted by Crippen LogP contribution is -2.30. The van der Waals surface area contributed by atoms with Gasteiger partial charge in [0.2, 0.25) is 0 Å².